The number of ketones is 3. The van der Waals surface area contributed by atoms with Crippen molar-refractivity contribution < 1.29 is 34.8 Å². The van der Waals surface area contributed by atoms with Crippen LogP contribution in [0.15, 0.2) is 41.2 Å². The van der Waals surface area contributed by atoms with Crippen molar-refractivity contribution in [3.8, 4) is 5.75 Å². The maximum absolute atomic E-state index is 13.9. The second-order valence-corrected chi connectivity index (χ2v) is 11.9. The minimum absolute atomic E-state index is 0.0583. The van der Waals surface area contributed by atoms with E-state index in [9.17, 15) is 34.8 Å². The van der Waals surface area contributed by atoms with Crippen LogP contribution in [0.3, 0.4) is 0 Å². The first-order valence-electron chi connectivity index (χ1n) is 14.1. The number of hydrogen-bond acceptors (Lipinski definition) is 7. The molecule has 3 atom stereocenters. The van der Waals surface area contributed by atoms with E-state index in [0.29, 0.717) is 17.9 Å². The van der Waals surface area contributed by atoms with Gasteiger partial charge in [0.15, 0.2) is 17.2 Å². The Morgan fingerprint density at radius 3 is 2.49 bits per heavy atom. The number of aliphatic hydroxyl groups is 3. The van der Waals surface area contributed by atoms with Crippen LogP contribution in [-0.4, -0.2) is 43.4 Å². The van der Waals surface area contributed by atoms with Gasteiger partial charge in [0.2, 0.25) is 5.78 Å². The number of aliphatic hydroxyl groups excluding tert-OH is 2. The van der Waals surface area contributed by atoms with Crippen molar-refractivity contribution in [2.75, 3.05) is 0 Å². The van der Waals surface area contributed by atoms with E-state index in [1.54, 1.807) is 0 Å². The van der Waals surface area contributed by atoms with E-state index in [0.717, 1.165) is 49.3 Å². The highest BCUT2D eigenvalue weighted by atomic mass is 16.3. The van der Waals surface area contributed by atoms with E-state index in [1.807, 2.05) is 24.3 Å². The third-order valence-electron chi connectivity index (χ3n) is 9.58. The molecule has 0 heterocycles. The van der Waals surface area contributed by atoms with Crippen LogP contribution in [0.4, 0.5) is 0 Å². The van der Waals surface area contributed by atoms with Gasteiger partial charge in [0.05, 0.1) is 5.56 Å². The third kappa shape index (κ3) is 3.85. The molecule has 1 aromatic carbocycles. The van der Waals surface area contributed by atoms with Crippen molar-refractivity contribution >= 4 is 28.7 Å². The Morgan fingerprint density at radius 2 is 1.82 bits per heavy atom. The van der Waals surface area contributed by atoms with Crippen molar-refractivity contribution in [2.24, 2.45) is 17.8 Å². The predicted octanol–water partition coefficient (Wildman–Crippen LogP) is 4.99. The van der Waals surface area contributed by atoms with E-state index in [1.165, 1.54) is 19.3 Å². The topological polar surface area (TPSA) is 132 Å². The maximum atomic E-state index is 13.9. The van der Waals surface area contributed by atoms with Gasteiger partial charge in [-0.1, -0.05) is 50.3 Å². The quantitative estimate of drug-likeness (QED) is 0.403. The molecule has 6 rings (SSSR count). The number of carbonyl (C=O) groups is 3. The Kier molecular flexibility index (Phi) is 6.18. The largest absolute Gasteiger partial charge is 0.508 e. The molecule has 7 nitrogen and oxygen atoms in total. The lowest BCUT2D eigenvalue weighted by molar-refractivity contribution is -0.147. The van der Waals surface area contributed by atoms with Crippen LogP contribution in [0.1, 0.15) is 80.5 Å². The molecule has 0 aliphatic heterocycles. The van der Waals surface area contributed by atoms with E-state index in [-0.39, 0.29) is 35.5 Å². The maximum Gasteiger partial charge on any atom is 0.202 e. The SMILES string of the molecule is CC(=O)C1=C(O)[C@@]2(O)C(=O)C3=C(O)c4c(O)c(C5=CCC=C5)cc(CC5CCCCC5)c4C[C@@H]3C[C@@H]2CC1=O. The monoisotopic (exact) mass is 530 g/mol. The number of phenolic OH excluding ortho intramolecular Hbond substituents is 1. The fourth-order valence-corrected chi connectivity index (χ4v) is 7.64. The zero-order valence-electron chi connectivity index (χ0n) is 22.1. The van der Waals surface area contributed by atoms with Crippen LogP contribution >= 0.6 is 0 Å². The van der Waals surface area contributed by atoms with E-state index in [2.05, 4.69) is 0 Å². The van der Waals surface area contributed by atoms with Crippen molar-refractivity contribution in [3.05, 3.63) is 63.5 Å². The van der Waals surface area contributed by atoms with Gasteiger partial charge in [-0.2, -0.15) is 0 Å². The summed E-state index contributed by atoms with van der Waals surface area (Å²) in [5, 5.41) is 45.5. The van der Waals surface area contributed by atoms with Gasteiger partial charge in [-0.15, -0.1) is 0 Å². The molecule has 204 valence electrons. The zero-order chi connectivity index (χ0) is 27.6. The zero-order valence-corrected chi connectivity index (χ0v) is 22.1. The van der Waals surface area contributed by atoms with Gasteiger partial charge < -0.3 is 20.4 Å². The van der Waals surface area contributed by atoms with Gasteiger partial charge in [-0.25, -0.2) is 0 Å². The standard InChI is InChI=1S/C32H34O7/c1-16(33)25-24(34)15-21-12-20-14-22-19(11-17-7-3-2-4-8-17)13-23(18-9-5-6-10-18)28(35)27(22)29(36)26(20)31(38)32(21,39)30(25)37/h5,9-10,13,17,20-21,35-37,39H,2-4,6-8,11-12,14-15H2,1H3/t20-,21+,32+/m0/s1. The number of carbonyl (C=O) groups excluding carboxylic acids is 3. The summed E-state index contributed by atoms with van der Waals surface area (Å²) in [4.78, 5) is 38.7. The summed E-state index contributed by atoms with van der Waals surface area (Å²) in [6, 6.07) is 2.03. The van der Waals surface area contributed by atoms with Gasteiger partial charge in [-0.05, 0) is 67.2 Å². The summed E-state index contributed by atoms with van der Waals surface area (Å²) in [6.45, 7) is 1.11. The van der Waals surface area contributed by atoms with Crippen LogP contribution in [0.5, 0.6) is 5.75 Å². The second kappa shape index (κ2) is 9.33. The molecule has 7 heteroatoms. The summed E-state index contributed by atoms with van der Waals surface area (Å²) in [6.07, 6.45) is 13.7. The number of allylic oxidation sites excluding steroid dienone is 5. The average molecular weight is 531 g/mol. The first-order valence-corrected chi connectivity index (χ1v) is 14.1. The van der Waals surface area contributed by atoms with Crippen LogP contribution < -0.4 is 0 Å². The van der Waals surface area contributed by atoms with Gasteiger partial charge in [0.1, 0.15) is 22.8 Å². The lowest BCUT2D eigenvalue weighted by Gasteiger charge is -2.46. The average Bonchev–Trinajstić information content (AvgIpc) is 3.43. The molecule has 2 fully saturated rings. The van der Waals surface area contributed by atoms with Gasteiger partial charge in [0, 0.05) is 23.5 Å². The van der Waals surface area contributed by atoms with Crippen molar-refractivity contribution in [1.82, 2.24) is 0 Å². The van der Waals surface area contributed by atoms with Crippen LogP contribution in [-0.2, 0) is 27.2 Å². The molecule has 2 saturated carbocycles. The highest BCUT2D eigenvalue weighted by Gasteiger charge is 2.60. The summed E-state index contributed by atoms with van der Waals surface area (Å²) < 4.78 is 0. The predicted molar refractivity (Wildman–Crippen MR) is 145 cm³/mol. The highest BCUT2D eigenvalue weighted by molar-refractivity contribution is 6.23. The smallest absolute Gasteiger partial charge is 0.202 e. The lowest BCUT2D eigenvalue weighted by atomic mass is 9.58. The van der Waals surface area contributed by atoms with Crippen LogP contribution in [0, 0.1) is 17.8 Å². The van der Waals surface area contributed by atoms with Crippen LogP contribution in [0.25, 0.3) is 11.3 Å². The van der Waals surface area contributed by atoms with E-state index >= 15 is 0 Å². The number of rotatable bonds is 4. The summed E-state index contributed by atoms with van der Waals surface area (Å²) in [7, 11) is 0. The van der Waals surface area contributed by atoms with Crippen molar-refractivity contribution in [1.29, 1.82) is 0 Å². The third-order valence-corrected chi connectivity index (χ3v) is 9.58. The fraction of sp³-hybridized carbons (Fsp3) is 0.469. The van der Waals surface area contributed by atoms with Gasteiger partial charge >= 0.3 is 0 Å². The molecular formula is C32H34O7. The first kappa shape index (κ1) is 25.8. The molecule has 0 spiro atoms. The Labute approximate surface area is 227 Å². The number of fused-ring (bicyclic) bond motifs is 3. The highest BCUT2D eigenvalue weighted by Crippen LogP contribution is 2.53. The number of Topliss-reactive ketones (excluding diaryl/α,β-unsaturated/α-hetero) is 3. The molecule has 1 aromatic rings. The normalized spacial score (nSPS) is 28.8. The first-order chi connectivity index (χ1) is 18.6. The molecule has 5 aliphatic rings. The van der Waals surface area contributed by atoms with E-state index in [4.69, 9.17) is 0 Å². The Morgan fingerprint density at radius 1 is 1.08 bits per heavy atom. The number of aromatic hydroxyl groups is 1. The summed E-state index contributed by atoms with van der Waals surface area (Å²) >= 11 is 0. The van der Waals surface area contributed by atoms with Crippen molar-refractivity contribution in [3.63, 3.8) is 0 Å². The molecule has 0 unspecified atom stereocenters. The Bertz CT molecular complexity index is 1430. The second-order valence-electron chi connectivity index (χ2n) is 11.9. The molecule has 0 aromatic heterocycles. The summed E-state index contributed by atoms with van der Waals surface area (Å²) in [5.74, 6) is -4.54. The molecule has 39 heavy (non-hydrogen) atoms. The molecule has 4 N–H and O–H groups in total. The molecule has 0 radical (unpaired) electrons. The minimum Gasteiger partial charge on any atom is -0.508 e. The van der Waals surface area contributed by atoms with Crippen LogP contribution in [0.2, 0.25) is 0 Å². The summed E-state index contributed by atoms with van der Waals surface area (Å²) in [5.41, 5.74) is 0.430. The Balaban J connectivity index is 1.52. The molecular weight excluding hydrogens is 496 g/mol. The molecule has 5 aliphatic carbocycles. The van der Waals surface area contributed by atoms with Gasteiger partial charge in [-0.3, -0.25) is 14.4 Å². The Hall–Kier alpha value is -3.45. The van der Waals surface area contributed by atoms with Crippen molar-refractivity contribution in [2.45, 2.75) is 76.7 Å². The number of benzene rings is 1. The molecule has 0 saturated heterocycles. The molecule has 0 bridgehead atoms. The van der Waals surface area contributed by atoms with E-state index < -0.39 is 46.1 Å². The number of hydrogen-bond donors (Lipinski definition) is 4. The number of phenols is 1. The van der Waals surface area contributed by atoms with Gasteiger partial charge in [0.25, 0.3) is 0 Å². The fourth-order valence-electron chi connectivity index (χ4n) is 7.64. The lowest BCUT2D eigenvalue weighted by Crippen LogP contribution is -2.57. The minimum atomic E-state index is -2.47. The molecule has 0 amide bonds.